The number of esters is 1. The fourth-order valence-electron chi connectivity index (χ4n) is 4.36. The summed E-state index contributed by atoms with van der Waals surface area (Å²) in [5.74, 6) is -0.660. The number of ether oxygens (including phenoxy) is 1. The molecule has 7 nitrogen and oxygen atoms in total. The molecule has 0 aromatic rings. The monoisotopic (exact) mass is 614 g/mol. The zero-order valence-corrected chi connectivity index (χ0v) is 26.9. The van der Waals surface area contributed by atoms with Crippen LogP contribution in [0.15, 0.2) is 109 Å². The molecule has 0 aliphatic carbocycles. The Hall–Kier alpha value is -2.80. The summed E-state index contributed by atoms with van der Waals surface area (Å²) < 4.78 is 22.5. The molecule has 0 radical (unpaired) electrons. The van der Waals surface area contributed by atoms with E-state index < -0.39 is 20.0 Å². The Morgan fingerprint density at radius 2 is 1.70 bits per heavy atom. The Morgan fingerprint density at radius 1 is 1.07 bits per heavy atom. The van der Waals surface area contributed by atoms with Crippen LogP contribution in [0.5, 0.6) is 0 Å². The van der Waals surface area contributed by atoms with E-state index in [0.29, 0.717) is 31.3 Å². The third-order valence-corrected chi connectivity index (χ3v) is 7.62. The Bertz CT molecular complexity index is 1130. The second-order valence-corrected chi connectivity index (χ2v) is 12.1. The molecule has 43 heavy (non-hydrogen) atoms. The largest absolute Gasteiger partial charge is 0.470 e. The molecule has 0 aromatic heterocycles. The average Bonchev–Trinajstić information content (AvgIpc) is 2.93. The highest BCUT2D eigenvalue weighted by molar-refractivity contribution is 7.46. The van der Waals surface area contributed by atoms with Crippen molar-refractivity contribution in [2.45, 2.75) is 96.9 Å². The van der Waals surface area contributed by atoms with Crippen molar-refractivity contribution in [3.05, 3.63) is 109 Å². The van der Waals surface area contributed by atoms with Crippen molar-refractivity contribution in [2.75, 3.05) is 0 Å². The number of phosphoric ester groups is 1. The number of rotatable bonds is 6. The van der Waals surface area contributed by atoms with Crippen LogP contribution < -0.4 is 0 Å². The predicted molar refractivity (Wildman–Crippen MR) is 176 cm³/mol. The first kappa shape index (κ1) is 38.2. The maximum atomic E-state index is 12.8. The molecule has 1 aliphatic heterocycles. The second kappa shape index (κ2) is 21.8. The van der Waals surface area contributed by atoms with Gasteiger partial charge < -0.3 is 19.6 Å². The van der Waals surface area contributed by atoms with Crippen molar-refractivity contribution in [3.8, 4) is 0 Å². The van der Waals surface area contributed by atoms with E-state index in [1.54, 1.807) is 25.2 Å². The van der Waals surface area contributed by atoms with Crippen LogP contribution in [0, 0.1) is 5.92 Å². The van der Waals surface area contributed by atoms with Crippen LogP contribution in [0.25, 0.3) is 0 Å². The van der Waals surface area contributed by atoms with Gasteiger partial charge in [-0.05, 0) is 70.8 Å². The molecule has 0 spiro atoms. The fraction of sp³-hybridized carbons (Fsp3) is 0.457. The van der Waals surface area contributed by atoms with E-state index in [1.807, 2.05) is 74.6 Å². The van der Waals surface area contributed by atoms with Crippen molar-refractivity contribution >= 4 is 13.8 Å². The summed E-state index contributed by atoms with van der Waals surface area (Å²) in [7, 11) is -4.64. The van der Waals surface area contributed by atoms with Gasteiger partial charge in [0.25, 0.3) is 0 Å². The highest BCUT2D eigenvalue weighted by Crippen LogP contribution is 2.40. The molecule has 4 atom stereocenters. The molecule has 0 aromatic carbocycles. The van der Waals surface area contributed by atoms with Crippen molar-refractivity contribution in [1.29, 1.82) is 0 Å². The lowest BCUT2D eigenvalue weighted by Gasteiger charge is -2.21. The van der Waals surface area contributed by atoms with E-state index in [4.69, 9.17) is 9.26 Å². The summed E-state index contributed by atoms with van der Waals surface area (Å²) in [6.07, 6.45) is 28.0. The highest BCUT2D eigenvalue weighted by Gasteiger charge is 2.23. The summed E-state index contributed by atoms with van der Waals surface area (Å²) in [6.45, 7) is 13.5. The minimum absolute atomic E-state index is 0.0385. The van der Waals surface area contributed by atoms with E-state index in [2.05, 4.69) is 13.2 Å². The van der Waals surface area contributed by atoms with Gasteiger partial charge >= 0.3 is 13.8 Å². The van der Waals surface area contributed by atoms with Crippen LogP contribution in [-0.4, -0.2) is 39.2 Å². The normalized spacial score (nSPS) is 28.6. The number of carbonyl (C=O) groups excluding carboxylic acids is 1. The molecule has 0 amide bonds. The lowest BCUT2D eigenvalue weighted by molar-refractivity contribution is -0.149. The zero-order valence-electron chi connectivity index (χ0n) is 26.0. The van der Waals surface area contributed by atoms with Gasteiger partial charge in [-0.2, -0.15) is 0 Å². The number of aliphatic hydroxyl groups is 1. The van der Waals surface area contributed by atoms with Gasteiger partial charge in [0.2, 0.25) is 0 Å². The van der Waals surface area contributed by atoms with Gasteiger partial charge in [0.15, 0.2) is 0 Å². The Morgan fingerprint density at radius 3 is 2.37 bits per heavy atom. The molecule has 1 heterocycles. The maximum absolute atomic E-state index is 12.8. The number of carbonyl (C=O) groups is 1. The van der Waals surface area contributed by atoms with E-state index in [1.165, 1.54) is 0 Å². The molecule has 0 saturated heterocycles. The molecular formula is C35H51O7P. The quantitative estimate of drug-likeness (QED) is 0.119. The molecule has 0 fully saturated rings. The minimum Gasteiger partial charge on any atom is -0.462 e. The van der Waals surface area contributed by atoms with Gasteiger partial charge in [0, 0.05) is 5.92 Å². The second-order valence-electron chi connectivity index (χ2n) is 10.9. The van der Waals surface area contributed by atoms with Gasteiger partial charge in [0.1, 0.15) is 6.10 Å². The van der Waals surface area contributed by atoms with Crippen molar-refractivity contribution in [1.82, 2.24) is 0 Å². The minimum atomic E-state index is -4.64. The summed E-state index contributed by atoms with van der Waals surface area (Å²) in [5.41, 5.74) is 2.51. The van der Waals surface area contributed by atoms with Crippen molar-refractivity contribution < 1.29 is 33.5 Å². The number of aliphatic hydroxyl groups excluding tert-OH is 1. The van der Waals surface area contributed by atoms with Gasteiger partial charge in [-0.15, -0.1) is 0 Å². The lowest BCUT2D eigenvalue weighted by Crippen LogP contribution is -2.22. The average molecular weight is 615 g/mol. The Balaban J connectivity index is 3.08. The van der Waals surface area contributed by atoms with Crippen molar-refractivity contribution in [3.63, 3.8) is 0 Å². The number of hydrogen-bond acceptors (Lipinski definition) is 5. The smallest absolute Gasteiger partial charge is 0.462 e. The summed E-state index contributed by atoms with van der Waals surface area (Å²) in [6, 6.07) is 0. The molecule has 4 unspecified atom stereocenters. The first-order valence-corrected chi connectivity index (χ1v) is 16.5. The number of cyclic esters (lactones) is 1. The number of allylic oxidation sites excluding steroid dienone is 13. The Labute approximate surface area is 258 Å². The summed E-state index contributed by atoms with van der Waals surface area (Å²) >= 11 is 0. The van der Waals surface area contributed by atoms with Crippen LogP contribution in [0.1, 0.15) is 78.6 Å². The summed E-state index contributed by atoms with van der Waals surface area (Å²) in [4.78, 5) is 31.6. The van der Waals surface area contributed by atoms with Crippen LogP contribution in [0.2, 0.25) is 0 Å². The van der Waals surface area contributed by atoms with Gasteiger partial charge in [-0.25, -0.2) is 4.57 Å². The van der Waals surface area contributed by atoms with Crippen LogP contribution in [0.3, 0.4) is 0 Å². The maximum Gasteiger partial charge on any atom is 0.470 e. The Kier molecular flexibility index (Phi) is 19.4. The fourth-order valence-corrected chi connectivity index (χ4v) is 4.97. The van der Waals surface area contributed by atoms with Crippen molar-refractivity contribution in [2.24, 2.45) is 5.92 Å². The molecule has 238 valence electrons. The lowest BCUT2D eigenvalue weighted by atomic mass is 9.93. The van der Waals surface area contributed by atoms with Crippen LogP contribution in [-0.2, 0) is 18.6 Å². The van der Waals surface area contributed by atoms with Crippen LogP contribution in [0.4, 0.5) is 0 Å². The standard InChI is InChI=1S/C35H51O7P/c1-6-20-28(2)25-26-32-22-17-15-14-16-21-29(3)34(42-43(38,39)40)24-19-13-11-9-7-8-10-12-18-23-33(36)31(5)30(4)27-35(37)41-32/h6-12,14,16,18,20-21,23,31-34,36H,1,4,13,15,17,19,22,24-27H2,2-3,5H3,(H2,38,39,40)/b8-7-,11-9-,12-10+,16-14-,23-18+,28-20+,29-21?. The highest BCUT2D eigenvalue weighted by atomic mass is 31.2. The van der Waals surface area contributed by atoms with Gasteiger partial charge in [0.05, 0.1) is 18.6 Å². The molecule has 1 aliphatic rings. The molecule has 0 saturated carbocycles. The molecular weight excluding hydrogens is 563 g/mol. The third-order valence-electron chi connectivity index (χ3n) is 7.09. The van der Waals surface area contributed by atoms with Crippen LogP contribution >= 0.6 is 7.82 Å². The molecule has 3 N–H and O–H groups in total. The van der Waals surface area contributed by atoms with Gasteiger partial charge in [-0.3, -0.25) is 9.32 Å². The number of hydrogen-bond donors (Lipinski definition) is 3. The topological polar surface area (TPSA) is 113 Å². The van der Waals surface area contributed by atoms with Gasteiger partial charge in [-0.1, -0.05) is 110 Å². The molecule has 0 bridgehead atoms. The molecule has 1 rings (SSSR count). The zero-order chi connectivity index (χ0) is 32.1. The molecule has 8 heteroatoms. The first-order valence-electron chi connectivity index (χ1n) is 15.0. The number of phosphoric acid groups is 1. The van der Waals surface area contributed by atoms with E-state index in [9.17, 15) is 24.3 Å². The first-order chi connectivity index (χ1) is 20.4. The SMILES string of the molecule is C=C/C=C(\C)CCC1CCC/C=C\C=C(C)C(OP(=O)(O)O)CCC\C=C/C=C\C=C\C=C\C(O)C(C)C(=C)CC(=O)O1. The van der Waals surface area contributed by atoms with E-state index >= 15 is 0 Å². The van der Waals surface area contributed by atoms with E-state index in [0.717, 1.165) is 36.8 Å². The third kappa shape index (κ3) is 19.2. The summed E-state index contributed by atoms with van der Waals surface area (Å²) in [5, 5.41) is 10.6. The van der Waals surface area contributed by atoms with E-state index in [-0.39, 0.29) is 24.4 Å². The predicted octanol–water partition coefficient (Wildman–Crippen LogP) is 8.31.